The minimum atomic E-state index is -0.837. The smallest absolute Gasteiger partial charge is 0.337 e. The Bertz CT molecular complexity index is 684. The number of nitrogens with one attached hydrogen (secondary N) is 2. The molecule has 1 aromatic heterocycles. The summed E-state index contributed by atoms with van der Waals surface area (Å²) in [5.41, 5.74) is 0.729. The molecule has 2 N–H and O–H groups in total. The van der Waals surface area contributed by atoms with Gasteiger partial charge in [0.1, 0.15) is 5.82 Å². The van der Waals surface area contributed by atoms with E-state index in [9.17, 15) is 14.4 Å². The fourth-order valence-electron chi connectivity index (χ4n) is 1.61. The highest BCUT2D eigenvalue weighted by molar-refractivity contribution is 6.43. The zero-order chi connectivity index (χ0) is 15.9. The molecule has 0 aliphatic heterocycles. The van der Waals surface area contributed by atoms with Crippen LogP contribution >= 0.6 is 0 Å². The highest BCUT2D eigenvalue weighted by Gasteiger charge is 2.14. The van der Waals surface area contributed by atoms with E-state index in [1.807, 2.05) is 0 Å². The second kappa shape index (κ2) is 6.98. The highest BCUT2D eigenvalue weighted by Crippen LogP contribution is 2.10. The van der Waals surface area contributed by atoms with Crippen LogP contribution in [0.4, 0.5) is 11.5 Å². The van der Waals surface area contributed by atoms with Gasteiger partial charge in [0.2, 0.25) is 0 Å². The van der Waals surface area contributed by atoms with Crippen molar-refractivity contribution < 1.29 is 19.1 Å². The van der Waals surface area contributed by atoms with Gasteiger partial charge < -0.3 is 15.4 Å². The van der Waals surface area contributed by atoms with Gasteiger partial charge in [-0.15, -0.1) is 0 Å². The van der Waals surface area contributed by atoms with E-state index in [-0.39, 0.29) is 5.82 Å². The van der Waals surface area contributed by atoms with Crippen molar-refractivity contribution in [1.29, 1.82) is 0 Å². The average molecular weight is 299 g/mol. The predicted molar refractivity (Wildman–Crippen MR) is 79.3 cm³/mol. The van der Waals surface area contributed by atoms with Gasteiger partial charge in [-0.1, -0.05) is 6.07 Å². The van der Waals surface area contributed by atoms with Gasteiger partial charge in [0.15, 0.2) is 0 Å². The summed E-state index contributed by atoms with van der Waals surface area (Å²) in [4.78, 5) is 38.6. The number of ether oxygens (including phenoxy) is 1. The lowest BCUT2D eigenvalue weighted by Gasteiger charge is -2.06. The Labute approximate surface area is 126 Å². The van der Waals surface area contributed by atoms with Crippen molar-refractivity contribution in [3.63, 3.8) is 0 Å². The van der Waals surface area contributed by atoms with Gasteiger partial charge in [-0.05, 0) is 36.4 Å². The van der Waals surface area contributed by atoms with Gasteiger partial charge in [0, 0.05) is 11.9 Å². The van der Waals surface area contributed by atoms with E-state index in [1.54, 1.807) is 18.2 Å². The molecular formula is C15H13N3O4. The molecule has 7 nitrogen and oxygen atoms in total. The summed E-state index contributed by atoms with van der Waals surface area (Å²) in [5.74, 6) is -1.87. The van der Waals surface area contributed by atoms with Crippen LogP contribution in [0.2, 0.25) is 0 Å². The number of aromatic nitrogens is 1. The zero-order valence-electron chi connectivity index (χ0n) is 11.7. The zero-order valence-corrected chi connectivity index (χ0v) is 11.7. The number of carbonyl (C=O) groups is 3. The van der Waals surface area contributed by atoms with E-state index >= 15 is 0 Å². The topological polar surface area (TPSA) is 97.4 Å². The van der Waals surface area contributed by atoms with Gasteiger partial charge in [0.05, 0.1) is 12.7 Å². The summed E-state index contributed by atoms with van der Waals surface area (Å²) in [6, 6.07) is 10.9. The predicted octanol–water partition coefficient (Wildman–Crippen LogP) is 1.45. The molecule has 0 spiro atoms. The molecule has 2 aromatic rings. The number of hydrogen-bond donors (Lipinski definition) is 2. The molecule has 0 aliphatic rings. The number of methoxy groups -OCH3 is 1. The number of rotatable bonds is 3. The van der Waals surface area contributed by atoms with Crippen LogP contribution in [0.5, 0.6) is 0 Å². The van der Waals surface area contributed by atoms with Crippen LogP contribution in [0.15, 0.2) is 48.7 Å². The lowest BCUT2D eigenvalue weighted by molar-refractivity contribution is -0.133. The van der Waals surface area contributed by atoms with E-state index < -0.39 is 17.8 Å². The van der Waals surface area contributed by atoms with E-state index in [4.69, 9.17) is 0 Å². The molecule has 2 amide bonds. The molecule has 0 atom stereocenters. The maximum Gasteiger partial charge on any atom is 0.337 e. The Hall–Kier alpha value is -3.22. The maximum absolute atomic E-state index is 11.7. The summed E-state index contributed by atoms with van der Waals surface area (Å²) < 4.78 is 4.56. The Morgan fingerprint density at radius 3 is 2.23 bits per heavy atom. The van der Waals surface area contributed by atoms with Gasteiger partial charge >= 0.3 is 17.8 Å². The first-order valence-electron chi connectivity index (χ1n) is 6.32. The van der Waals surface area contributed by atoms with Crippen molar-refractivity contribution in [3.8, 4) is 0 Å². The molecule has 0 radical (unpaired) electrons. The molecule has 0 saturated carbocycles. The second-order valence-corrected chi connectivity index (χ2v) is 4.19. The number of hydrogen-bond acceptors (Lipinski definition) is 5. The van der Waals surface area contributed by atoms with Gasteiger partial charge in [-0.25, -0.2) is 9.78 Å². The van der Waals surface area contributed by atoms with Crippen molar-refractivity contribution in [3.05, 3.63) is 54.2 Å². The first-order valence-corrected chi connectivity index (χ1v) is 6.32. The minimum Gasteiger partial charge on any atom is -0.465 e. The van der Waals surface area contributed by atoms with E-state index in [2.05, 4.69) is 20.4 Å². The Balaban J connectivity index is 1.96. The molecule has 0 unspecified atom stereocenters. The van der Waals surface area contributed by atoms with Crippen molar-refractivity contribution in [2.24, 2.45) is 0 Å². The van der Waals surface area contributed by atoms with Crippen molar-refractivity contribution in [1.82, 2.24) is 4.98 Å². The molecule has 7 heteroatoms. The van der Waals surface area contributed by atoms with Crippen LogP contribution in [0.3, 0.4) is 0 Å². The lowest BCUT2D eigenvalue weighted by Crippen LogP contribution is -2.29. The van der Waals surface area contributed by atoms with Crippen LogP contribution in [-0.2, 0) is 14.3 Å². The maximum atomic E-state index is 11.7. The van der Waals surface area contributed by atoms with Gasteiger partial charge in [-0.3, -0.25) is 9.59 Å². The average Bonchev–Trinajstić information content (AvgIpc) is 2.55. The fourth-order valence-corrected chi connectivity index (χ4v) is 1.61. The highest BCUT2D eigenvalue weighted by atomic mass is 16.5. The van der Waals surface area contributed by atoms with Crippen molar-refractivity contribution >= 4 is 29.3 Å². The SMILES string of the molecule is COC(=O)c1ccc(NC(=O)C(=O)Nc2ccccn2)cc1. The third kappa shape index (κ3) is 3.89. The minimum absolute atomic E-state index is 0.281. The third-order valence-electron chi connectivity index (χ3n) is 2.68. The molecule has 2 rings (SSSR count). The van der Waals surface area contributed by atoms with Crippen LogP contribution in [0, 0.1) is 0 Å². The van der Waals surface area contributed by atoms with Crippen molar-refractivity contribution in [2.45, 2.75) is 0 Å². The summed E-state index contributed by atoms with van der Waals surface area (Å²) in [6.07, 6.45) is 1.50. The summed E-state index contributed by atoms with van der Waals surface area (Å²) in [5, 5.41) is 4.78. The van der Waals surface area contributed by atoms with Crippen LogP contribution < -0.4 is 10.6 Å². The standard InChI is InChI=1S/C15H13N3O4/c1-22-15(21)10-5-7-11(8-6-10)17-13(19)14(20)18-12-4-2-3-9-16-12/h2-9H,1H3,(H,17,19)(H,16,18,20). The van der Waals surface area contributed by atoms with Crippen LogP contribution in [0.1, 0.15) is 10.4 Å². The molecule has 0 bridgehead atoms. The van der Waals surface area contributed by atoms with E-state index in [0.29, 0.717) is 11.3 Å². The molecule has 112 valence electrons. The number of benzene rings is 1. The Morgan fingerprint density at radius 2 is 1.64 bits per heavy atom. The largest absolute Gasteiger partial charge is 0.465 e. The molecular weight excluding hydrogens is 286 g/mol. The molecule has 0 fully saturated rings. The Morgan fingerprint density at radius 1 is 0.955 bits per heavy atom. The quantitative estimate of drug-likeness (QED) is 0.660. The molecule has 0 aliphatic carbocycles. The molecule has 1 heterocycles. The summed E-state index contributed by atoms with van der Waals surface area (Å²) in [6.45, 7) is 0. The lowest BCUT2D eigenvalue weighted by atomic mass is 10.2. The molecule has 1 aromatic carbocycles. The fraction of sp³-hybridized carbons (Fsp3) is 0.0667. The van der Waals surface area contributed by atoms with Crippen LogP contribution in [-0.4, -0.2) is 29.9 Å². The monoisotopic (exact) mass is 299 g/mol. The first kappa shape index (κ1) is 15.2. The molecule has 22 heavy (non-hydrogen) atoms. The third-order valence-corrected chi connectivity index (χ3v) is 2.68. The first-order chi connectivity index (χ1) is 10.6. The summed E-state index contributed by atoms with van der Waals surface area (Å²) >= 11 is 0. The number of nitrogens with zero attached hydrogens (tertiary/aromatic N) is 1. The number of esters is 1. The van der Waals surface area contributed by atoms with Gasteiger partial charge in [-0.2, -0.15) is 0 Å². The second-order valence-electron chi connectivity index (χ2n) is 4.19. The summed E-state index contributed by atoms with van der Waals surface area (Å²) in [7, 11) is 1.28. The number of amides is 2. The van der Waals surface area contributed by atoms with Crippen LogP contribution in [0.25, 0.3) is 0 Å². The van der Waals surface area contributed by atoms with E-state index in [0.717, 1.165) is 0 Å². The number of anilines is 2. The van der Waals surface area contributed by atoms with Gasteiger partial charge in [0.25, 0.3) is 0 Å². The van der Waals surface area contributed by atoms with Crippen molar-refractivity contribution in [2.75, 3.05) is 17.7 Å². The normalized spacial score (nSPS) is 9.68. The number of pyridine rings is 1. The van der Waals surface area contributed by atoms with E-state index in [1.165, 1.54) is 37.6 Å². The Kier molecular flexibility index (Phi) is 4.81. The number of carbonyl (C=O) groups excluding carboxylic acids is 3. The molecule has 0 saturated heterocycles.